The first-order valence-corrected chi connectivity index (χ1v) is 7.11. The number of nitrogens with one attached hydrogen (secondary N) is 1. The van der Waals surface area contributed by atoms with E-state index >= 15 is 0 Å². The molecule has 88 valence electrons. The lowest BCUT2D eigenvalue weighted by Gasteiger charge is -2.04. The van der Waals surface area contributed by atoms with Crippen LogP contribution in [-0.4, -0.2) is 21.9 Å². The number of amides is 1. The third-order valence-corrected chi connectivity index (χ3v) is 3.03. The van der Waals surface area contributed by atoms with Gasteiger partial charge in [-0.25, -0.2) is 0 Å². The van der Waals surface area contributed by atoms with Crippen LogP contribution in [0, 0.1) is 0 Å². The average molecular weight is 332 g/mol. The number of hydrogen-bond acceptors (Lipinski definition) is 2. The molecule has 1 heterocycles. The maximum absolute atomic E-state index is 11.6. The van der Waals surface area contributed by atoms with Crippen molar-refractivity contribution in [1.29, 1.82) is 0 Å². The second-order valence-electron chi connectivity index (χ2n) is 3.60. The van der Waals surface area contributed by atoms with E-state index in [1.807, 2.05) is 0 Å². The van der Waals surface area contributed by atoms with E-state index in [-0.39, 0.29) is 5.91 Å². The molecule has 1 rings (SSSR count). The molecule has 1 amide bonds. The number of alkyl halides is 1. The Morgan fingerprint density at radius 1 is 1.31 bits per heavy atom. The summed E-state index contributed by atoms with van der Waals surface area (Å²) in [7, 11) is 0. The van der Waals surface area contributed by atoms with Gasteiger partial charge in [-0.15, -0.1) is 0 Å². The number of carbonyl (C=O) groups excluding carboxylic acids is 1. The van der Waals surface area contributed by atoms with Gasteiger partial charge in [0.15, 0.2) is 0 Å². The van der Waals surface area contributed by atoms with Crippen LogP contribution in [0.4, 0.5) is 0 Å². The van der Waals surface area contributed by atoms with Crippen molar-refractivity contribution >= 4 is 28.5 Å². The fraction of sp³-hybridized carbons (Fsp3) is 0.500. The lowest BCUT2D eigenvalue weighted by atomic mass is 10.2. The fourth-order valence-corrected chi connectivity index (χ4v) is 1.91. The van der Waals surface area contributed by atoms with Crippen LogP contribution >= 0.6 is 22.6 Å². The predicted octanol–water partition coefficient (Wildman–Crippen LogP) is 2.81. The molecule has 0 atom stereocenters. The number of rotatable bonds is 7. The molecule has 0 bridgehead atoms. The first-order valence-electron chi connectivity index (χ1n) is 5.59. The standard InChI is InChI=1S/C12H17IN2O/c13-7-3-1-2-4-9-15-12(16)11-6-5-8-14-10-11/h5-6,8,10H,1-4,7,9H2,(H,15,16). The number of aromatic nitrogens is 1. The summed E-state index contributed by atoms with van der Waals surface area (Å²) in [5.41, 5.74) is 0.634. The molecule has 3 nitrogen and oxygen atoms in total. The van der Waals surface area contributed by atoms with Crippen molar-refractivity contribution in [2.24, 2.45) is 0 Å². The summed E-state index contributed by atoms with van der Waals surface area (Å²) in [5.74, 6) is -0.0259. The van der Waals surface area contributed by atoms with Crippen LogP contribution in [0.15, 0.2) is 24.5 Å². The number of carbonyl (C=O) groups is 1. The van der Waals surface area contributed by atoms with Gasteiger partial charge < -0.3 is 5.32 Å². The van der Waals surface area contributed by atoms with E-state index in [9.17, 15) is 4.79 Å². The molecule has 1 aromatic rings. The molecule has 0 radical (unpaired) electrons. The van der Waals surface area contributed by atoms with Crippen LogP contribution in [0.3, 0.4) is 0 Å². The van der Waals surface area contributed by atoms with Crippen LogP contribution in [0.5, 0.6) is 0 Å². The van der Waals surface area contributed by atoms with Gasteiger partial charge in [-0.1, -0.05) is 35.4 Å². The highest BCUT2D eigenvalue weighted by molar-refractivity contribution is 14.1. The van der Waals surface area contributed by atoms with Crippen LogP contribution in [-0.2, 0) is 0 Å². The highest BCUT2D eigenvalue weighted by Gasteiger charge is 2.02. The van der Waals surface area contributed by atoms with Crippen molar-refractivity contribution in [3.63, 3.8) is 0 Å². The third-order valence-electron chi connectivity index (χ3n) is 2.27. The third kappa shape index (κ3) is 5.44. The summed E-state index contributed by atoms with van der Waals surface area (Å²) in [6.45, 7) is 0.759. The van der Waals surface area contributed by atoms with Gasteiger partial charge in [0, 0.05) is 18.9 Å². The molecule has 0 aliphatic heterocycles. The minimum Gasteiger partial charge on any atom is -0.352 e. The zero-order valence-electron chi connectivity index (χ0n) is 9.29. The number of nitrogens with zero attached hydrogens (tertiary/aromatic N) is 1. The molecule has 0 saturated carbocycles. The van der Waals surface area contributed by atoms with E-state index in [0.717, 1.165) is 13.0 Å². The Morgan fingerprint density at radius 2 is 2.12 bits per heavy atom. The van der Waals surface area contributed by atoms with E-state index in [1.54, 1.807) is 24.5 Å². The minimum absolute atomic E-state index is 0.0259. The Hall–Kier alpha value is -0.650. The number of unbranched alkanes of at least 4 members (excludes halogenated alkanes) is 3. The minimum atomic E-state index is -0.0259. The maximum Gasteiger partial charge on any atom is 0.252 e. The number of hydrogen-bond donors (Lipinski definition) is 1. The van der Waals surface area contributed by atoms with Crippen LogP contribution in [0.2, 0.25) is 0 Å². The summed E-state index contributed by atoms with van der Waals surface area (Å²) in [4.78, 5) is 15.5. The molecule has 4 heteroatoms. The number of pyridine rings is 1. The van der Waals surface area contributed by atoms with E-state index < -0.39 is 0 Å². The van der Waals surface area contributed by atoms with Crippen molar-refractivity contribution in [2.75, 3.05) is 11.0 Å². The normalized spacial score (nSPS) is 10.1. The molecule has 0 aliphatic rings. The molecule has 0 saturated heterocycles. The van der Waals surface area contributed by atoms with Crippen molar-refractivity contribution < 1.29 is 4.79 Å². The Morgan fingerprint density at radius 3 is 2.81 bits per heavy atom. The van der Waals surface area contributed by atoms with Crippen LogP contribution in [0.25, 0.3) is 0 Å². The van der Waals surface area contributed by atoms with Crippen molar-refractivity contribution in [1.82, 2.24) is 10.3 Å². The molecule has 0 aromatic carbocycles. The van der Waals surface area contributed by atoms with Crippen molar-refractivity contribution in [3.8, 4) is 0 Å². The summed E-state index contributed by atoms with van der Waals surface area (Å²) < 4.78 is 1.22. The Kier molecular flexibility index (Phi) is 7.12. The van der Waals surface area contributed by atoms with Gasteiger partial charge in [-0.3, -0.25) is 9.78 Å². The molecule has 0 fully saturated rings. The fourth-order valence-electron chi connectivity index (χ4n) is 1.37. The number of halogens is 1. The van der Waals surface area contributed by atoms with Crippen LogP contribution in [0.1, 0.15) is 36.0 Å². The summed E-state index contributed by atoms with van der Waals surface area (Å²) in [6, 6.07) is 3.55. The van der Waals surface area contributed by atoms with E-state index in [2.05, 4.69) is 32.9 Å². The largest absolute Gasteiger partial charge is 0.352 e. The van der Waals surface area contributed by atoms with Crippen LogP contribution < -0.4 is 5.32 Å². The second kappa shape index (κ2) is 8.50. The topological polar surface area (TPSA) is 42.0 Å². The van der Waals surface area contributed by atoms with E-state index in [1.165, 1.54) is 23.7 Å². The molecular weight excluding hydrogens is 315 g/mol. The summed E-state index contributed by atoms with van der Waals surface area (Å²) >= 11 is 2.39. The van der Waals surface area contributed by atoms with E-state index in [0.29, 0.717) is 5.56 Å². The molecule has 0 spiro atoms. The summed E-state index contributed by atoms with van der Waals surface area (Å²) in [6.07, 6.45) is 8.04. The van der Waals surface area contributed by atoms with Crippen molar-refractivity contribution in [3.05, 3.63) is 30.1 Å². The van der Waals surface area contributed by atoms with Gasteiger partial charge >= 0.3 is 0 Å². The van der Waals surface area contributed by atoms with Gasteiger partial charge in [-0.05, 0) is 29.4 Å². The smallest absolute Gasteiger partial charge is 0.252 e. The van der Waals surface area contributed by atoms with E-state index in [4.69, 9.17) is 0 Å². The average Bonchev–Trinajstić information content (AvgIpc) is 2.34. The zero-order chi connectivity index (χ0) is 11.6. The molecule has 1 aromatic heterocycles. The Balaban J connectivity index is 2.12. The first-order chi connectivity index (χ1) is 7.84. The Labute approximate surface area is 110 Å². The predicted molar refractivity (Wildman–Crippen MR) is 73.9 cm³/mol. The van der Waals surface area contributed by atoms with Crippen molar-refractivity contribution in [2.45, 2.75) is 25.7 Å². The molecular formula is C12H17IN2O. The molecule has 16 heavy (non-hydrogen) atoms. The maximum atomic E-state index is 11.6. The highest BCUT2D eigenvalue weighted by Crippen LogP contribution is 2.01. The monoisotopic (exact) mass is 332 g/mol. The summed E-state index contributed by atoms with van der Waals surface area (Å²) in [5, 5.41) is 2.90. The van der Waals surface area contributed by atoms with Gasteiger partial charge in [0.1, 0.15) is 0 Å². The van der Waals surface area contributed by atoms with Gasteiger partial charge in [-0.2, -0.15) is 0 Å². The molecule has 1 N–H and O–H groups in total. The highest BCUT2D eigenvalue weighted by atomic mass is 127. The lowest BCUT2D eigenvalue weighted by Crippen LogP contribution is -2.24. The second-order valence-corrected chi connectivity index (χ2v) is 4.68. The molecule has 0 aliphatic carbocycles. The SMILES string of the molecule is O=C(NCCCCCCI)c1cccnc1. The first kappa shape index (κ1) is 13.4. The van der Waals surface area contributed by atoms with Gasteiger partial charge in [0.2, 0.25) is 0 Å². The quantitative estimate of drug-likeness (QED) is 0.474. The molecule has 0 unspecified atom stereocenters. The Bertz CT molecular complexity index is 303. The van der Waals surface area contributed by atoms with Gasteiger partial charge in [0.25, 0.3) is 5.91 Å². The zero-order valence-corrected chi connectivity index (χ0v) is 11.4. The lowest BCUT2D eigenvalue weighted by molar-refractivity contribution is 0.0952. The van der Waals surface area contributed by atoms with Gasteiger partial charge in [0.05, 0.1) is 5.56 Å².